The first-order chi connectivity index (χ1) is 14.7. The Morgan fingerprint density at radius 2 is 1.53 bits per heavy atom. The zero-order valence-electron chi connectivity index (χ0n) is 17.0. The first kappa shape index (κ1) is 20.2. The molecule has 1 aliphatic rings. The number of amides is 2. The van der Waals surface area contributed by atoms with Gasteiger partial charge < -0.3 is 19.9 Å². The average molecular weight is 420 g/mol. The number of hydrogen-bond donors (Lipinski definition) is 1. The van der Waals surface area contributed by atoms with Crippen LogP contribution in [0.2, 0.25) is 0 Å². The number of para-hydroxylation sites is 4. The number of carbonyl (C=O) groups is 1. The van der Waals surface area contributed by atoms with Crippen LogP contribution in [0.4, 0.5) is 16.2 Å². The van der Waals surface area contributed by atoms with Crippen LogP contribution in [0.1, 0.15) is 0 Å². The van der Waals surface area contributed by atoms with Crippen LogP contribution in [0.3, 0.4) is 0 Å². The molecule has 1 saturated heterocycles. The highest BCUT2D eigenvalue weighted by Gasteiger charge is 2.23. The Bertz CT molecular complexity index is 989. The largest absolute Gasteiger partial charge is 0.455 e. The maximum Gasteiger partial charge on any atom is 0.322 e. The van der Waals surface area contributed by atoms with Crippen molar-refractivity contribution >= 4 is 29.2 Å². The van der Waals surface area contributed by atoms with Crippen molar-refractivity contribution < 1.29 is 9.53 Å². The fourth-order valence-electron chi connectivity index (χ4n) is 3.51. The Balaban J connectivity index is 1.39. The first-order valence-electron chi connectivity index (χ1n) is 10.0. The second kappa shape index (κ2) is 9.59. The molecule has 1 heterocycles. The summed E-state index contributed by atoms with van der Waals surface area (Å²) in [5, 5.41) is 3.02. The van der Waals surface area contributed by atoms with Crippen LogP contribution in [-0.4, -0.2) is 43.4 Å². The summed E-state index contributed by atoms with van der Waals surface area (Å²) in [5.74, 6) is 1.37. The quantitative estimate of drug-likeness (QED) is 0.550. The molecule has 30 heavy (non-hydrogen) atoms. The van der Waals surface area contributed by atoms with Gasteiger partial charge in [0.2, 0.25) is 0 Å². The Labute approximate surface area is 181 Å². The molecule has 1 fully saturated rings. The molecular weight excluding hydrogens is 394 g/mol. The highest BCUT2D eigenvalue weighted by Crippen LogP contribution is 2.31. The number of rotatable bonds is 5. The molecule has 3 aromatic rings. The number of nitrogens with one attached hydrogen (secondary N) is 1. The third-order valence-corrected chi connectivity index (χ3v) is 5.88. The molecule has 0 aromatic heterocycles. The Morgan fingerprint density at radius 3 is 2.30 bits per heavy atom. The first-order valence-corrected chi connectivity index (χ1v) is 11.2. The average Bonchev–Trinajstić information content (AvgIpc) is 2.81. The van der Waals surface area contributed by atoms with Crippen LogP contribution in [0.25, 0.3) is 0 Å². The second-order valence-corrected chi connectivity index (χ2v) is 7.84. The van der Waals surface area contributed by atoms with Gasteiger partial charge in [-0.2, -0.15) is 0 Å². The van der Waals surface area contributed by atoms with E-state index in [4.69, 9.17) is 4.74 Å². The summed E-state index contributed by atoms with van der Waals surface area (Å²) < 4.78 is 5.95. The van der Waals surface area contributed by atoms with E-state index in [9.17, 15) is 4.79 Å². The van der Waals surface area contributed by atoms with E-state index in [1.165, 1.54) is 10.6 Å². The van der Waals surface area contributed by atoms with Gasteiger partial charge in [-0.15, -0.1) is 11.8 Å². The SMILES string of the molecule is CSc1ccccc1N1CCN(C(=O)Nc2ccccc2Oc2ccccc2)CC1. The van der Waals surface area contributed by atoms with Crippen LogP contribution in [-0.2, 0) is 0 Å². The smallest absolute Gasteiger partial charge is 0.322 e. The van der Waals surface area contributed by atoms with Gasteiger partial charge in [-0.25, -0.2) is 4.79 Å². The van der Waals surface area contributed by atoms with Gasteiger partial charge in [-0.3, -0.25) is 0 Å². The summed E-state index contributed by atoms with van der Waals surface area (Å²) in [6, 6.07) is 25.4. The van der Waals surface area contributed by atoms with E-state index in [-0.39, 0.29) is 6.03 Å². The van der Waals surface area contributed by atoms with Crippen molar-refractivity contribution in [1.82, 2.24) is 4.90 Å². The van der Waals surface area contributed by atoms with Gasteiger partial charge in [0.05, 0.1) is 11.4 Å². The minimum atomic E-state index is -0.100. The lowest BCUT2D eigenvalue weighted by molar-refractivity contribution is 0.208. The molecule has 3 aromatic carbocycles. The third-order valence-electron chi connectivity index (χ3n) is 5.09. The van der Waals surface area contributed by atoms with Gasteiger partial charge in [0.25, 0.3) is 0 Å². The van der Waals surface area contributed by atoms with Crippen molar-refractivity contribution in [2.75, 3.05) is 42.7 Å². The molecule has 0 spiro atoms. The van der Waals surface area contributed by atoms with Gasteiger partial charge in [-0.05, 0) is 42.7 Å². The minimum Gasteiger partial charge on any atom is -0.455 e. The molecule has 1 aliphatic heterocycles. The number of hydrogen-bond acceptors (Lipinski definition) is 4. The molecule has 0 aliphatic carbocycles. The highest BCUT2D eigenvalue weighted by molar-refractivity contribution is 7.98. The van der Waals surface area contributed by atoms with Crippen molar-refractivity contribution in [3.05, 3.63) is 78.9 Å². The Hall–Kier alpha value is -3.12. The molecular formula is C24H25N3O2S. The van der Waals surface area contributed by atoms with Crippen LogP contribution in [0, 0.1) is 0 Å². The topological polar surface area (TPSA) is 44.8 Å². The van der Waals surface area contributed by atoms with Gasteiger partial charge in [0.15, 0.2) is 5.75 Å². The number of carbonyl (C=O) groups excluding carboxylic acids is 1. The lowest BCUT2D eigenvalue weighted by Gasteiger charge is -2.36. The van der Waals surface area contributed by atoms with Crippen molar-refractivity contribution in [3.63, 3.8) is 0 Å². The molecule has 154 valence electrons. The summed E-state index contributed by atoms with van der Waals surface area (Å²) in [6.45, 7) is 2.98. The number of anilines is 2. The molecule has 0 atom stereocenters. The summed E-state index contributed by atoms with van der Waals surface area (Å²) in [5.41, 5.74) is 1.91. The minimum absolute atomic E-state index is 0.100. The van der Waals surface area contributed by atoms with Crippen LogP contribution >= 0.6 is 11.8 Å². The van der Waals surface area contributed by atoms with Crippen molar-refractivity contribution in [2.24, 2.45) is 0 Å². The normalized spacial score (nSPS) is 13.8. The van der Waals surface area contributed by atoms with E-state index in [0.717, 1.165) is 18.8 Å². The van der Waals surface area contributed by atoms with E-state index < -0.39 is 0 Å². The number of thioether (sulfide) groups is 1. The summed E-state index contributed by atoms with van der Waals surface area (Å²) >= 11 is 1.75. The third kappa shape index (κ3) is 4.71. The molecule has 1 N–H and O–H groups in total. The number of benzene rings is 3. The zero-order chi connectivity index (χ0) is 20.8. The lowest BCUT2D eigenvalue weighted by Crippen LogP contribution is -2.50. The van der Waals surface area contributed by atoms with E-state index in [0.29, 0.717) is 24.5 Å². The number of ether oxygens (including phenoxy) is 1. The van der Waals surface area contributed by atoms with Crippen molar-refractivity contribution in [3.8, 4) is 11.5 Å². The number of nitrogens with zero attached hydrogens (tertiary/aromatic N) is 2. The van der Waals surface area contributed by atoms with E-state index in [2.05, 4.69) is 40.7 Å². The van der Waals surface area contributed by atoms with Crippen LogP contribution in [0.15, 0.2) is 83.8 Å². The molecule has 0 radical (unpaired) electrons. The monoisotopic (exact) mass is 419 g/mol. The molecule has 6 heteroatoms. The fraction of sp³-hybridized carbons (Fsp3) is 0.208. The molecule has 5 nitrogen and oxygen atoms in total. The Morgan fingerprint density at radius 1 is 0.867 bits per heavy atom. The van der Waals surface area contributed by atoms with Crippen LogP contribution in [0.5, 0.6) is 11.5 Å². The van der Waals surface area contributed by atoms with Gasteiger partial charge in [-0.1, -0.05) is 42.5 Å². The Kier molecular flexibility index (Phi) is 6.44. The van der Waals surface area contributed by atoms with E-state index in [1.54, 1.807) is 11.8 Å². The van der Waals surface area contributed by atoms with Gasteiger partial charge in [0.1, 0.15) is 5.75 Å². The summed E-state index contributed by atoms with van der Waals surface area (Å²) in [4.78, 5) is 18.3. The zero-order valence-corrected chi connectivity index (χ0v) is 17.8. The fourth-order valence-corrected chi connectivity index (χ4v) is 4.13. The van der Waals surface area contributed by atoms with Crippen LogP contribution < -0.4 is 15.0 Å². The molecule has 2 amide bonds. The van der Waals surface area contributed by atoms with E-state index in [1.807, 2.05) is 59.5 Å². The predicted molar refractivity (Wildman–Crippen MR) is 124 cm³/mol. The maximum absolute atomic E-state index is 12.9. The number of piperazine rings is 1. The van der Waals surface area contributed by atoms with Gasteiger partial charge >= 0.3 is 6.03 Å². The maximum atomic E-state index is 12.9. The number of urea groups is 1. The second-order valence-electron chi connectivity index (χ2n) is 6.99. The van der Waals surface area contributed by atoms with Crippen molar-refractivity contribution in [2.45, 2.75) is 4.90 Å². The van der Waals surface area contributed by atoms with Crippen molar-refractivity contribution in [1.29, 1.82) is 0 Å². The predicted octanol–water partition coefficient (Wildman–Crippen LogP) is 5.55. The molecule has 4 rings (SSSR count). The van der Waals surface area contributed by atoms with Gasteiger partial charge in [0, 0.05) is 31.1 Å². The summed E-state index contributed by atoms with van der Waals surface area (Å²) in [7, 11) is 0. The summed E-state index contributed by atoms with van der Waals surface area (Å²) in [6.07, 6.45) is 2.09. The lowest BCUT2D eigenvalue weighted by atomic mass is 10.2. The highest BCUT2D eigenvalue weighted by atomic mass is 32.2. The van der Waals surface area contributed by atoms with E-state index >= 15 is 0 Å². The molecule has 0 bridgehead atoms. The molecule has 0 saturated carbocycles. The molecule has 0 unspecified atom stereocenters. The standard InChI is InChI=1S/C24H25N3O2S/c1-30-23-14-8-6-12-21(23)26-15-17-27(18-16-26)24(28)25-20-11-5-7-13-22(20)29-19-9-3-2-4-10-19/h2-14H,15-18H2,1H3,(H,25,28).